The van der Waals surface area contributed by atoms with Gasteiger partial charge in [0.2, 0.25) is 0 Å². The molecule has 146 valence electrons. The highest BCUT2D eigenvalue weighted by Gasteiger charge is 2.24. The number of fused-ring (bicyclic) bond motifs is 1. The second-order valence-corrected chi connectivity index (χ2v) is 9.35. The van der Waals surface area contributed by atoms with Crippen LogP contribution in [0.1, 0.15) is 120 Å². The van der Waals surface area contributed by atoms with E-state index in [2.05, 4.69) is 32.0 Å². The summed E-state index contributed by atoms with van der Waals surface area (Å²) in [6.07, 6.45) is 21.4. The molecule has 0 aliphatic heterocycles. The lowest BCUT2D eigenvalue weighted by Crippen LogP contribution is -2.16. The second kappa shape index (κ2) is 10.5. The van der Waals surface area contributed by atoms with E-state index in [4.69, 9.17) is 0 Å². The van der Waals surface area contributed by atoms with Crippen molar-refractivity contribution in [2.75, 3.05) is 0 Å². The lowest BCUT2D eigenvalue weighted by atomic mass is 9.75. The summed E-state index contributed by atoms with van der Waals surface area (Å²) in [4.78, 5) is 0. The van der Waals surface area contributed by atoms with Gasteiger partial charge in [0.15, 0.2) is 0 Å². The van der Waals surface area contributed by atoms with Crippen LogP contribution in [-0.4, -0.2) is 0 Å². The van der Waals surface area contributed by atoms with Crippen LogP contribution in [0.3, 0.4) is 0 Å². The molecule has 0 amide bonds. The molecule has 0 aromatic heterocycles. The topological polar surface area (TPSA) is 0 Å². The fourth-order valence-electron chi connectivity index (χ4n) is 5.50. The Morgan fingerprint density at radius 3 is 2.12 bits per heavy atom. The molecule has 0 spiro atoms. The Kier molecular flexibility index (Phi) is 8.08. The minimum Gasteiger partial charge on any atom is -0.0654 e. The zero-order chi connectivity index (χ0) is 18.2. The Morgan fingerprint density at radius 1 is 0.731 bits per heavy atom. The van der Waals surface area contributed by atoms with Crippen molar-refractivity contribution in [2.24, 2.45) is 11.8 Å². The number of hydrogen-bond acceptors (Lipinski definition) is 0. The van der Waals surface area contributed by atoms with Crippen molar-refractivity contribution >= 4 is 0 Å². The van der Waals surface area contributed by atoms with Crippen LogP contribution >= 0.6 is 0 Å². The number of rotatable bonds is 9. The molecule has 0 saturated heterocycles. The molecule has 1 aromatic rings. The Bertz CT molecular complexity index is 521. The summed E-state index contributed by atoms with van der Waals surface area (Å²) in [6, 6.07) is 7.61. The molecular formula is C26H42. The first kappa shape index (κ1) is 20.0. The van der Waals surface area contributed by atoms with Crippen LogP contribution in [0.2, 0.25) is 0 Å². The maximum Gasteiger partial charge on any atom is -0.0162 e. The van der Waals surface area contributed by atoms with E-state index in [0.717, 1.165) is 17.8 Å². The normalized spacial score (nSPS) is 25.8. The van der Waals surface area contributed by atoms with Gasteiger partial charge in [-0.05, 0) is 79.4 Å². The SMILES string of the molecule is CCCCCC1CCc2cc([C@H]3CC[C@H](CCCCC)CC3)ccc2C1. The minimum atomic E-state index is 0.852. The predicted octanol–water partition coefficient (Wildman–Crippen LogP) is 8.23. The zero-order valence-corrected chi connectivity index (χ0v) is 17.6. The van der Waals surface area contributed by atoms with Gasteiger partial charge in [-0.1, -0.05) is 83.4 Å². The van der Waals surface area contributed by atoms with Crippen molar-refractivity contribution in [2.45, 2.75) is 116 Å². The Balaban J connectivity index is 1.49. The molecule has 3 rings (SSSR count). The summed E-state index contributed by atoms with van der Waals surface area (Å²) in [5.74, 6) is 2.84. The van der Waals surface area contributed by atoms with E-state index in [1.165, 1.54) is 96.3 Å². The van der Waals surface area contributed by atoms with Gasteiger partial charge >= 0.3 is 0 Å². The van der Waals surface area contributed by atoms with E-state index < -0.39 is 0 Å². The molecule has 0 radical (unpaired) electrons. The average molecular weight is 355 g/mol. The van der Waals surface area contributed by atoms with E-state index in [9.17, 15) is 0 Å². The van der Waals surface area contributed by atoms with Crippen molar-refractivity contribution in [1.82, 2.24) is 0 Å². The van der Waals surface area contributed by atoms with E-state index in [1.54, 1.807) is 16.7 Å². The predicted molar refractivity (Wildman–Crippen MR) is 115 cm³/mol. The van der Waals surface area contributed by atoms with Gasteiger partial charge in [0, 0.05) is 0 Å². The van der Waals surface area contributed by atoms with Gasteiger partial charge in [0.25, 0.3) is 0 Å². The molecular weight excluding hydrogens is 312 g/mol. The minimum absolute atomic E-state index is 0.852. The van der Waals surface area contributed by atoms with Gasteiger partial charge in [-0.15, -0.1) is 0 Å². The molecule has 1 fully saturated rings. The van der Waals surface area contributed by atoms with Crippen molar-refractivity contribution in [3.8, 4) is 0 Å². The van der Waals surface area contributed by atoms with Gasteiger partial charge in [0.1, 0.15) is 0 Å². The first-order chi connectivity index (χ1) is 12.8. The number of benzene rings is 1. The fourth-order valence-corrected chi connectivity index (χ4v) is 5.50. The second-order valence-electron chi connectivity index (χ2n) is 9.35. The first-order valence-corrected chi connectivity index (χ1v) is 11.9. The maximum atomic E-state index is 2.61. The van der Waals surface area contributed by atoms with Crippen LogP contribution in [0.4, 0.5) is 0 Å². The van der Waals surface area contributed by atoms with Crippen LogP contribution in [0.15, 0.2) is 18.2 Å². The van der Waals surface area contributed by atoms with Gasteiger partial charge in [-0.2, -0.15) is 0 Å². The molecule has 0 nitrogen and oxygen atoms in total. The molecule has 1 atom stereocenters. The lowest BCUT2D eigenvalue weighted by molar-refractivity contribution is 0.302. The Labute approximate surface area is 163 Å². The molecule has 2 aliphatic rings. The number of unbranched alkanes of at least 4 members (excludes halogenated alkanes) is 4. The number of hydrogen-bond donors (Lipinski definition) is 0. The van der Waals surface area contributed by atoms with Crippen LogP contribution in [0.5, 0.6) is 0 Å². The quantitative estimate of drug-likeness (QED) is 0.392. The summed E-state index contributed by atoms with van der Waals surface area (Å²) >= 11 is 0. The Hall–Kier alpha value is -0.780. The highest BCUT2D eigenvalue weighted by molar-refractivity contribution is 5.36. The molecule has 0 heteroatoms. The molecule has 1 aromatic carbocycles. The standard InChI is InChI=1S/C26H42/c1-3-5-7-9-21-11-14-23(15-12-21)25-18-17-24-19-22(10-8-6-4-2)13-16-26(24)20-25/h17-18,20-23H,3-16,19H2,1-2H3/t21-,22?,23-. The van der Waals surface area contributed by atoms with E-state index in [-0.39, 0.29) is 0 Å². The van der Waals surface area contributed by atoms with Crippen LogP contribution in [-0.2, 0) is 12.8 Å². The third kappa shape index (κ3) is 5.61. The molecule has 1 unspecified atom stereocenters. The van der Waals surface area contributed by atoms with Gasteiger partial charge < -0.3 is 0 Å². The molecule has 0 N–H and O–H groups in total. The van der Waals surface area contributed by atoms with E-state index in [1.807, 2.05) is 0 Å². The van der Waals surface area contributed by atoms with Gasteiger partial charge in [0.05, 0.1) is 0 Å². The first-order valence-electron chi connectivity index (χ1n) is 11.9. The lowest BCUT2D eigenvalue weighted by Gasteiger charge is -2.30. The third-order valence-electron chi connectivity index (χ3n) is 7.31. The van der Waals surface area contributed by atoms with Gasteiger partial charge in [-0.25, -0.2) is 0 Å². The van der Waals surface area contributed by atoms with Gasteiger partial charge in [-0.3, -0.25) is 0 Å². The smallest absolute Gasteiger partial charge is 0.0162 e. The third-order valence-corrected chi connectivity index (χ3v) is 7.31. The zero-order valence-electron chi connectivity index (χ0n) is 17.6. The van der Waals surface area contributed by atoms with Crippen molar-refractivity contribution in [3.63, 3.8) is 0 Å². The Morgan fingerprint density at radius 2 is 1.42 bits per heavy atom. The monoisotopic (exact) mass is 354 g/mol. The van der Waals surface area contributed by atoms with E-state index in [0.29, 0.717) is 0 Å². The van der Waals surface area contributed by atoms with Crippen LogP contribution in [0.25, 0.3) is 0 Å². The highest BCUT2D eigenvalue weighted by Crippen LogP contribution is 2.39. The molecule has 0 bridgehead atoms. The highest BCUT2D eigenvalue weighted by atomic mass is 14.3. The fraction of sp³-hybridized carbons (Fsp3) is 0.769. The average Bonchev–Trinajstić information content (AvgIpc) is 2.68. The summed E-state index contributed by atoms with van der Waals surface area (Å²) < 4.78 is 0. The molecule has 2 aliphatic carbocycles. The van der Waals surface area contributed by atoms with Crippen LogP contribution in [0, 0.1) is 11.8 Å². The summed E-state index contributed by atoms with van der Waals surface area (Å²) in [7, 11) is 0. The molecule has 1 saturated carbocycles. The summed E-state index contributed by atoms with van der Waals surface area (Å²) in [5, 5.41) is 0. The summed E-state index contributed by atoms with van der Waals surface area (Å²) in [5.41, 5.74) is 5.04. The summed E-state index contributed by atoms with van der Waals surface area (Å²) in [6.45, 7) is 4.64. The van der Waals surface area contributed by atoms with Crippen LogP contribution < -0.4 is 0 Å². The molecule has 0 heterocycles. The maximum absolute atomic E-state index is 2.61. The molecule has 26 heavy (non-hydrogen) atoms. The van der Waals surface area contributed by atoms with E-state index >= 15 is 0 Å². The van der Waals surface area contributed by atoms with Crippen molar-refractivity contribution < 1.29 is 0 Å². The largest absolute Gasteiger partial charge is 0.0654 e. The number of aryl methyl sites for hydroxylation is 1. The van der Waals surface area contributed by atoms with Crippen molar-refractivity contribution in [1.29, 1.82) is 0 Å². The van der Waals surface area contributed by atoms with Crippen molar-refractivity contribution in [3.05, 3.63) is 34.9 Å².